The van der Waals surface area contributed by atoms with Crippen LogP contribution in [0.4, 0.5) is 0 Å². The van der Waals surface area contributed by atoms with Gasteiger partial charge in [0.15, 0.2) is 0 Å². The second-order valence-corrected chi connectivity index (χ2v) is 6.82. The number of hydrogen-bond donors (Lipinski definition) is 1. The lowest BCUT2D eigenvalue weighted by molar-refractivity contribution is 0.0887. The van der Waals surface area contributed by atoms with Gasteiger partial charge < -0.3 is 9.84 Å². The Balaban J connectivity index is 1.57. The van der Waals surface area contributed by atoms with Gasteiger partial charge in [-0.15, -0.1) is 0 Å². The fourth-order valence-electron chi connectivity index (χ4n) is 2.67. The maximum atomic E-state index is 10.2. The van der Waals surface area contributed by atoms with Gasteiger partial charge in [0.05, 0.1) is 16.7 Å². The van der Waals surface area contributed by atoms with Gasteiger partial charge in [-0.25, -0.2) is 0 Å². The van der Waals surface area contributed by atoms with E-state index in [0.717, 1.165) is 27.2 Å². The van der Waals surface area contributed by atoms with E-state index in [1.807, 2.05) is 56.3 Å². The van der Waals surface area contributed by atoms with Crippen molar-refractivity contribution in [2.45, 2.75) is 26.5 Å². The molecule has 0 saturated carbocycles. The van der Waals surface area contributed by atoms with Crippen LogP contribution in [0.2, 0.25) is 0 Å². The van der Waals surface area contributed by atoms with Crippen LogP contribution in [0, 0.1) is 13.8 Å². The first-order valence-corrected chi connectivity index (χ1v) is 8.99. The molecule has 5 heteroatoms. The van der Waals surface area contributed by atoms with Crippen LogP contribution >= 0.6 is 15.9 Å². The van der Waals surface area contributed by atoms with Gasteiger partial charge in [-0.05, 0) is 53.0 Å². The molecule has 1 N–H and O–H groups in total. The highest BCUT2D eigenvalue weighted by Crippen LogP contribution is 2.22. The van der Waals surface area contributed by atoms with E-state index >= 15 is 0 Å². The van der Waals surface area contributed by atoms with Crippen LogP contribution in [0.15, 0.2) is 59.1 Å². The van der Waals surface area contributed by atoms with Gasteiger partial charge in [0.25, 0.3) is 0 Å². The van der Waals surface area contributed by atoms with Gasteiger partial charge >= 0.3 is 0 Å². The van der Waals surface area contributed by atoms with Gasteiger partial charge in [0.1, 0.15) is 18.5 Å². The summed E-state index contributed by atoms with van der Waals surface area (Å²) in [6, 6.07) is 18.1. The maximum absolute atomic E-state index is 10.2. The minimum absolute atomic E-state index is 0.223. The number of benzene rings is 2. The number of nitrogens with zero attached hydrogens (tertiary/aromatic N) is 2. The summed E-state index contributed by atoms with van der Waals surface area (Å²) in [6.45, 7) is 4.53. The zero-order valence-corrected chi connectivity index (χ0v) is 15.9. The van der Waals surface area contributed by atoms with E-state index < -0.39 is 6.10 Å². The molecule has 1 atom stereocenters. The van der Waals surface area contributed by atoms with Crippen molar-refractivity contribution in [3.05, 3.63) is 70.5 Å². The largest absolute Gasteiger partial charge is 0.491 e. The first-order chi connectivity index (χ1) is 12.0. The van der Waals surface area contributed by atoms with E-state index in [4.69, 9.17) is 4.74 Å². The maximum Gasteiger partial charge on any atom is 0.119 e. The van der Waals surface area contributed by atoms with Crippen molar-refractivity contribution >= 4 is 15.9 Å². The molecule has 3 rings (SSSR count). The highest BCUT2D eigenvalue weighted by molar-refractivity contribution is 9.10. The van der Waals surface area contributed by atoms with Crippen LogP contribution in [0.5, 0.6) is 5.75 Å². The van der Waals surface area contributed by atoms with Crippen LogP contribution in [0.3, 0.4) is 0 Å². The normalized spacial score (nSPS) is 12.2. The molecule has 0 spiro atoms. The van der Waals surface area contributed by atoms with E-state index in [2.05, 4.69) is 33.2 Å². The van der Waals surface area contributed by atoms with Crippen LogP contribution in [0.1, 0.15) is 11.4 Å². The van der Waals surface area contributed by atoms with E-state index in [1.54, 1.807) is 4.68 Å². The van der Waals surface area contributed by atoms with Gasteiger partial charge in [0.2, 0.25) is 0 Å². The molecular weight excluding hydrogens is 380 g/mol. The zero-order chi connectivity index (χ0) is 17.8. The highest BCUT2D eigenvalue weighted by atomic mass is 79.9. The van der Waals surface area contributed by atoms with Crippen molar-refractivity contribution in [2.75, 3.05) is 6.61 Å². The SMILES string of the molecule is Cc1nn(CC(O)COc2ccc(-c3ccccc3)cc2)c(C)c1Br. The van der Waals surface area contributed by atoms with Gasteiger partial charge in [-0.1, -0.05) is 42.5 Å². The summed E-state index contributed by atoms with van der Waals surface area (Å²) in [6.07, 6.45) is -0.626. The number of ether oxygens (including phenoxy) is 1. The summed E-state index contributed by atoms with van der Waals surface area (Å²) in [5.74, 6) is 0.744. The Labute approximate surface area is 156 Å². The second-order valence-electron chi connectivity index (χ2n) is 6.02. The predicted octanol–water partition coefficient (Wildman–Crippen LogP) is 4.37. The zero-order valence-electron chi connectivity index (χ0n) is 14.3. The van der Waals surface area contributed by atoms with Gasteiger partial charge in [0, 0.05) is 5.69 Å². The fraction of sp³-hybridized carbons (Fsp3) is 0.250. The molecule has 25 heavy (non-hydrogen) atoms. The fourth-order valence-corrected chi connectivity index (χ4v) is 2.96. The first kappa shape index (κ1) is 17.7. The predicted molar refractivity (Wildman–Crippen MR) is 103 cm³/mol. The molecule has 0 aliphatic heterocycles. The Morgan fingerprint density at radius 2 is 1.68 bits per heavy atom. The van der Waals surface area contributed by atoms with Gasteiger partial charge in [-0.2, -0.15) is 5.10 Å². The number of hydrogen-bond acceptors (Lipinski definition) is 3. The topological polar surface area (TPSA) is 47.3 Å². The Bertz CT molecular complexity index is 829. The summed E-state index contributed by atoms with van der Waals surface area (Å²) in [7, 11) is 0. The summed E-state index contributed by atoms with van der Waals surface area (Å²) in [5.41, 5.74) is 4.23. The summed E-state index contributed by atoms with van der Waals surface area (Å²) < 4.78 is 8.49. The third-order valence-electron chi connectivity index (χ3n) is 4.08. The van der Waals surface area contributed by atoms with Crippen molar-refractivity contribution in [3.8, 4) is 16.9 Å². The number of aryl methyl sites for hydroxylation is 1. The molecule has 0 bridgehead atoms. The van der Waals surface area contributed by atoms with Crippen molar-refractivity contribution in [2.24, 2.45) is 0 Å². The number of aliphatic hydroxyl groups excluding tert-OH is 1. The third kappa shape index (κ3) is 4.30. The van der Waals surface area contributed by atoms with Crippen LogP contribution in [-0.4, -0.2) is 27.6 Å². The lowest BCUT2D eigenvalue weighted by atomic mass is 10.1. The molecule has 0 fully saturated rings. The minimum Gasteiger partial charge on any atom is -0.491 e. The molecule has 1 aromatic heterocycles. The second kappa shape index (κ2) is 7.85. The van der Waals surface area contributed by atoms with Crippen LogP contribution in [-0.2, 0) is 6.54 Å². The molecule has 0 aliphatic rings. The first-order valence-electron chi connectivity index (χ1n) is 8.20. The molecule has 2 aromatic carbocycles. The Hall–Kier alpha value is -2.11. The van der Waals surface area contributed by atoms with E-state index in [9.17, 15) is 5.11 Å². The summed E-state index contributed by atoms with van der Waals surface area (Å²) in [5, 5.41) is 14.6. The molecule has 0 amide bonds. The quantitative estimate of drug-likeness (QED) is 0.667. The smallest absolute Gasteiger partial charge is 0.119 e. The van der Waals surface area contributed by atoms with Crippen molar-refractivity contribution in [1.82, 2.24) is 9.78 Å². The van der Waals surface area contributed by atoms with Crippen molar-refractivity contribution < 1.29 is 9.84 Å². The molecule has 0 saturated heterocycles. The molecule has 0 radical (unpaired) electrons. The van der Waals surface area contributed by atoms with Crippen LogP contribution in [0.25, 0.3) is 11.1 Å². The lowest BCUT2D eigenvalue weighted by Gasteiger charge is -2.14. The molecule has 130 valence electrons. The number of aliphatic hydroxyl groups is 1. The number of rotatable bonds is 6. The number of halogens is 1. The monoisotopic (exact) mass is 400 g/mol. The Morgan fingerprint density at radius 1 is 1.04 bits per heavy atom. The van der Waals surface area contributed by atoms with E-state index in [0.29, 0.717) is 6.54 Å². The lowest BCUT2D eigenvalue weighted by Crippen LogP contribution is -2.24. The average Bonchev–Trinajstić information content (AvgIpc) is 2.88. The summed E-state index contributed by atoms with van der Waals surface area (Å²) >= 11 is 3.50. The van der Waals surface area contributed by atoms with Crippen molar-refractivity contribution in [3.63, 3.8) is 0 Å². The van der Waals surface area contributed by atoms with E-state index in [-0.39, 0.29) is 6.61 Å². The molecule has 1 unspecified atom stereocenters. The van der Waals surface area contributed by atoms with Gasteiger partial charge in [-0.3, -0.25) is 4.68 Å². The molecule has 1 heterocycles. The molecular formula is C20H21BrN2O2. The third-order valence-corrected chi connectivity index (χ3v) is 5.23. The standard InChI is InChI=1S/C20H21BrN2O2/c1-14-20(21)15(2)23(22-14)12-18(24)13-25-19-10-8-17(9-11-19)16-6-4-3-5-7-16/h3-11,18,24H,12-13H2,1-2H3. The van der Waals surface area contributed by atoms with Crippen molar-refractivity contribution in [1.29, 1.82) is 0 Å². The molecule has 4 nitrogen and oxygen atoms in total. The minimum atomic E-state index is -0.626. The van der Waals surface area contributed by atoms with Crippen LogP contribution < -0.4 is 4.74 Å². The van der Waals surface area contributed by atoms with E-state index in [1.165, 1.54) is 5.56 Å². The average molecular weight is 401 g/mol. The highest BCUT2D eigenvalue weighted by Gasteiger charge is 2.13. The number of aromatic nitrogens is 2. The summed E-state index contributed by atoms with van der Waals surface area (Å²) in [4.78, 5) is 0. The molecule has 0 aliphatic carbocycles. The Kier molecular flexibility index (Phi) is 5.56. The molecule has 3 aromatic rings. The Morgan fingerprint density at radius 3 is 2.28 bits per heavy atom.